The summed E-state index contributed by atoms with van der Waals surface area (Å²) in [5.74, 6) is 0.660. The van der Waals surface area contributed by atoms with E-state index in [0.29, 0.717) is 19.4 Å². The summed E-state index contributed by atoms with van der Waals surface area (Å²) in [6.45, 7) is 9.07. The van der Waals surface area contributed by atoms with E-state index in [-0.39, 0.29) is 29.9 Å². The first kappa shape index (κ1) is 21.9. The maximum absolute atomic E-state index is 12.5. The lowest BCUT2D eigenvalue weighted by Gasteiger charge is -2.32. The van der Waals surface area contributed by atoms with Gasteiger partial charge in [0.15, 0.2) is 6.61 Å². The van der Waals surface area contributed by atoms with Gasteiger partial charge in [-0.2, -0.15) is 0 Å². The summed E-state index contributed by atoms with van der Waals surface area (Å²) in [6.07, 6.45) is 1.97. The second-order valence-corrected chi connectivity index (χ2v) is 8.56. The molecular weight excluding hydrogens is 376 g/mol. The summed E-state index contributed by atoms with van der Waals surface area (Å²) in [5, 5.41) is 3.03. The first-order valence-corrected chi connectivity index (χ1v) is 10.7. The molecule has 0 aromatic heterocycles. The average Bonchev–Trinajstić information content (AvgIpc) is 2.75. The molecule has 0 fully saturated rings. The Labute approximate surface area is 179 Å². The van der Waals surface area contributed by atoms with Crippen LogP contribution in [0.1, 0.15) is 64.1 Å². The van der Waals surface area contributed by atoms with E-state index in [4.69, 9.17) is 4.74 Å². The Morgan fingerprint density at radius 3 is 2.63 bits per heavy atom. The van der Waals surface area contributed by atoms with Gasteiger partial charge in [-0.1, -0.05) is 57.2 Å². The van der Waals surface area contributed by atoms with Gasteiger partial charge in [0, 0.05) is 13.0 Å². The van der Waals surface area contributed by atoms with Gasteiger partial charge >= 0.3 is 0 Å². The van der Waals surface area contributed by atoms with Gasteiger partial charge in [-0.25, -0.2) is 0 Å². The van der Waals surface area contributed by atoms with Crippen LogP contribution in [0.15, 0.2) is 48.5 Å². The van der Waals surface area contributed by atoms with Crippen molar-refractivity contribution >= 4 is 17.5 Å². The van der Waals surface area contributed by atoms with E-state index in [1.54, 1.807) is 4.90 Å². The highest BCUT2D eigenvalue weighted by Gasteiger charge is 2.28. The summed E-state index contributed by atoms with van der Waals surface area (Å²) in [7, 11) is 0. The summed E-state index contributed by atoms with van der Waals surface area (Å²) in [4.78, 5) is 26.7. The number of nitrogens with one attached hydrogen (secondary N) is 1. The van der Waals surface area contributed by atoms with Crippen molar-refractivity contribution in [3.05, 3.63) is 59.7 Å². The molecule has 1 heterocycles. The van der Waals surface area contributed by atoms with Crippen molar-refractivity contribution < 1.29 is 14.3 Å². The number of hydrogen-bond donors (Lipinski definition) is 1. The minimum Gasteiger partial charge on any atom is -0.482 e. The van der Waals surface area contributed by atoms with E-state index in [0.717, 1.165) is 23.4 Å². The molecule has 1 N–H and O–H groups in total. The Balaban J connectivity index is 1.62. The van der Waals surface area contributed by atoms with Crippen molar-refractivity contribution in [2.24, 2.45) is 0 Å². The normalized spacial score (nSPS) is 14.7. The van der Waals surface area contributed by atoms with Gasteiger partial charge in [-0.05, 0) is 48.4 Å². The molecule has 1 unspecified atom stereocenters. The van der Waals surface area contributed by atoms with Gasteiger partial charge in [0.1, 0.15) is 5.75 Å². The fourth-order valence-corrected chi connectivity index (χ4v) is 3.61. The van der Waals surface area contributed by atoms with E-state index in [2.05, 4.69) is 38.2 Å². The van der Waals surface area contributed by atoms with Crippen molar-refractivity contribution in [1.29, 1.82) is 0 Å². The highest BCUT2D eigenvalue weighted by atomic mass is 16.5. The molecule has 0 aliphatic carbocycles. The number of benzene rings is 2. The minimum absolute atomic E-state index is 0.00634. The first-order chi connectivity index (χ1) is 14.3. The fraction of sp³-hybridized carbons (Fsp3) is 0.440. The van der Waals surface area contributed by atoms with Crippen LogP contribution in [0.25, 0.3) is 0 Å². The van der Waals surface area contributed by atoms with Crippen LogP contribution in [0.5, 0.6) is 5.75 Å². The standard InChI is InChI=1S/C25H32N2O3/c1-5-25(3,4)20-13-14-22-21(16-20)27(24(29)17-30-22)15-9-12-23(28)26-18(2)19-10-7-6-8-11-19/h6-8,10-11,13-14,16,18H,5,9,12,15,17H2,1-4H3,(H,26,28). The van der Waals surface area contributed by atoms with Crippen LogP contribution in [0.4, 0.5) is 5.69 Å². The molecular formula is C25H32N2O3. The Hall–Kier alpha value is -2.82. The van der Waals surface area contributed by atoms with Crippen molar-refractivity contribution in [2.45, 2.75) is 58.4 Å². The Bertz CT molecular complexity index is 893. The molecule has 1 atom stereocenters. The fourth-order valence-electron chi connectivity index (χ4n) is 3.61. The predicted octanol–water partition coefficient (Wildman–Crippen LogP) is 4.76. The number of amides is 2. The van der Waals surface area contributed by atoms with Crippen LogP contribution in [0, 0.1) is 0 Å². The molecule has 5 nitrogen and oxygen atoms in total. The second kappa shape index (κ2) is 9.33. The molecule has 1 aliphatic rings. The Morgan fingerprint density at radius 1 is 1.20 bits per heavy atom. The Kier molecular flexibility index (Phi) is 6.80. The van der Waals surface area contributed by atoms with Gasteiger partial charge in [0.25, 0.3) is 5.91 Å². The molecule has 2 aromatic carbocycles. The molecule has 30 heavy (non-hydrogen) atoms. The smallest absolute Gasteiger partial charge is 0.265 e. The summed E-state index contributed by atoms with van der Waals surface area (Å²) >= 11 is 0. The third-order valence-corrected chi connectivity index (χ3v) is 6.03. The number of carbonyl (C=O) groups is 2. The lowest BCUT2D eigenvalue weighted by Crippen LogP contribution is -2.40. The predicted molar refractivity (Wildman–Crippen MR) is 120 cm³/mol. The van der Waals surface area contributed by atoms with E-state index < -0.39 is 0 Å². The maximum Gasteiger partial charge on any atom is 0.265 e. The molecule has 5 heteroatoms. The molecule has 2 aromatic rings. The molecule has 3 rings (SSSR count). The van der Waals surface area contributed by atoms with Gasteiger partial charge in [-0.3, -0.25) is 9.59 Å². The molecule has 0 saturated carbocycles. The van der Waals surface area contributed by atoms with Gasteiger partial charge in [-0.15, -0.1) is 0 Å². The van der Waals surface area contributed by atoms with Crippen molar-refractivity contribution in [1.82, 2.24) is 5.32 Å². The first-order valence-electron chi connectivity index (χ1n) is 10.7. The number of hydrogen-bond acceptors (Lipinski definition) is 3. The summed E-state index contributed by atoms with van der Waals surface area (Å²) in [6, 6.07) is 16.0. The van der Waals surface area contributed by atoms with Crippen LogP contribution < -0.4 is 15.0 Å². The van der Waals surface area contributed by atoms with Crippen molar-refractivity contribution in [3.8, 4) is 5.75 Å². The van der Waals surface area contributed by atoms with Crippen LogP contribution in [-0.4, -0.2) is 25.0 Å². The zero-order valence-electron chi connectivity index (χ0n) is 18.4. The molecule has 1 aliphatic heterocycles. The van der Waals surface area contributed by atoms with Crippen molar-refractivity contribution in [3.63, 3.8) is 0 Å². The zero-order chi connectivity index (χ0) is 21.7. The maximum atomic E-state index is 12.5. The van der Waals surface area contributed by atoms with Crippen LogP contribution in [0.3, 0.4) is 0 Å². The SMILES string of the molecule is CCC(C)(C)c1ccc2c(c1)N(CCCC(=O)NC(C)c1ccccc1)C(=O)CO2. The number of ether oxygens (including phenoxy) is 1. The highest BCUT2D eigenvalue weighted by Crippen LogP contribution is 2.37. The third kappa shape index (κ3) is 5.02. The van der Waals surface area contributed by atoms with Crippen LogP contribution in [-0.2, 0) is 15.0 Å². The van der Waals surface area contributed by atoms with Gasteiger partial charge in [0.2, 0.25) is 5.91 Å². The Morgan fingerprint density at radius 2 is 1.93 bits per heavy atom. The molecule has 2 amide bonds. The monoisotopic (exact) mass is 408 g/mol. The van der Waals surface area contributed by atoms with Gasteiger partial charge in [0.05, 0.1) is 11.7 Å². The molecule has 160 valence electrons. The number of nitrogens with zero attached hydrogens (tertiary/aromatic N) is 1. The topological polar surface area (TPSA) is 58.6 Å². The lowest BCUT2D eigenvalue weighted by atomic mass is 9.82. The molecule has 0 radical (unpaired) electrons. The van der Waals surface area contributed by atoms with E-state index in [9.17, 15) is 9.59 Å². The van der Waals surface area contributed by atoms with E-state index in [1.165, 1.54) is 5.56 Å². The van der Waals surface area contributed by atoms with Crippen molar-refractivity contribution in [2.75, 3.05) is 18.1 Å². The summed E-state index contributed by atoms with van der Waals surface area (Å²) in [5.41, 5.74) is 3.09. The summed E-state index contributed by atoms with van der Waals surface area (Å²) < 4.78 is 5.63. The molecule has 0 bridgehead atoms. The van der Waals surface area contributed by atoms with Crippen LogP contribution in [0.2, 0.25) is 0 Å². The third-order valence-electron chi connectivity index (χ3n) is 6.03. The number of carbonyl (C=O) groups excluding carboxylic acids is 2. The average molecular weight is 409 g/mol. The zero-order valence-corrected chi connectivity index (χ0v) is 18.4. The van der Waals surface area contributed by atoms with E-state index in [1.807, 2.05) is 43.3 Å². The molecule has 0 saturated heterocycles. The molecule has 0 spiro atoms. The lowest BCUT2D eigenvalue weighted by molar-refractivity contribution is -0.123. The minimum atomic E-state index is -0.0629. The van der Waals surface area contributed by atoms with E-state index >= 15 is 0 Å². The second-order valence-electron chi connectivity index (χ2n) is 8.56. The van der Waals surface area contributed by atoms with Crippen LogP contribution >= 0.6 is 0 Å². The number of anilines is 1. The number of rotatable bonds is 8. The largest absolute Gasteiger partial charge is 0.482 e. The van der Waals surface area contributed by atoms with Gasteiger partial charge < -0.3 is 15.0 Å². The quantitative estimate of drug-likeness (QED) is 0.685. The highest BCUT2D eigenvalue weighted by molar-refractivity contribution is 5.98. The number of fused-ring (bicyclic) bond motifs is 1.